The largest absolute Gasteiger partial charge is 0.508 e. The number of aromatic hydroxyl groups is 5. The third kappa shape index (κ3) is 10.5. The normalized spacial score (nSPS) is 15.8. The molecule has 0 fully saturated rings. The van der Waals surface area contributed by atoms with Crippen molar-refractivity contribution in [1.29, 1.82) is 0 Å². The van der Waals surface area contributed by atoms with Gasteiger partial charge in [-0.25, -0.2) is 14.4 Å². The molecule has 5 rings (SSSR count). The lowest BCUT2D eigenvalue weighted by Gasteiger charge is -2.13. The second-order valence-electron chi connectivity index (χ2n) is 12.0. The number of carboxylic acid groups (broad SMARTS) is 2. The second kappa shape index (κ2) is 17.4. The number of carboxylic acids is 2. The SMILES string of the molecule is CC(=O)O[C@H](Cc1ccc(O)c(O)c1)C(=O)O.O=C(/C=C/c1ccc(O)c2c1C[C@@H](C1=CC(O)=C(O)CC=C1)O2)O[C@H](Cc1ccc(O)c(O)c1)C(=O)O. The van der Waals surface area contributed by atoms with Crippen molar-refractivity contribution in [2.24, 2.45) is 0 Å². The number of hydrogen-bond acceptors (Lipinski definition) is 14. The Bertz CT molecular complexity index is 2060. The summed E-state index contributed by atoms with van der Waals surface area (Å²) in [5.74, 6) is -6.06. The molecule has 0 aromatic heterocycles. The van der Waals surface area contributed by atoms with E-state index in [1.165, 1.54) is 54.6 Å². The van der Waals surface area contributed by atoms with Gasteiger partial charge in [0, 0.05) is 44.2 Å². The highest BCUT2D eigenvalue weighted by atomic mass is 16.6. The topological polar surface area (TPSA) is 278 Å². The molecule has 3 aromatic rings. The number of carbonyl (C=O) groups is 4. The fourth-order valence-corrected chi connectivity index (χ4v) is 5.30. The Morgan fingerprint density at radius 3 is 1.87 bits per heavy atom. The maximum absolute atomic E-state index is 12.4. The van der Waals surface area contributed by atoms with Crippen molar-refractivity contribution < 1.29 is 79.3 Å². The van der Waals surface area contributed by atoms with Crippen molar-refractivity contribution in [3.05, 3.63) is 112 Å². The number of rotatable bonds is 11. The molecule has 0 amide bonds. The minimum absolute atomic E-state index is 0.0806. The van der Waals surface area contributed by atoms with E-state index in [9.17, 15) is 54.9 Å². The van der Waals surface area contributed by atoms with Crippen LogP contribution < -0.4 is 4.74 Å². The van der Waals surface area contributed by atoms with Crippen LogP contribution in [0.15, 0.2) is 89.9 Å². The first-order chi connectivity index (χ1) is 25.5. The summed E-state index contributed by atoms with van der Waals surface area (Å²) in [6.45, 7) is 1.12. The zero-order valence-corrected chi connectivity index (χ0v) is 28.4. The Morgan fingerprint density at radius 2 is 1.33 bits per heavy atom. The Hall–Kier alpha value is -7.10. The van der Waals surface area contributed by atoms with E-state index in [1.54, 1.807) is 18.2 Å². The first kappa shape index (κ1) is 39.7. The summed E-state index contributed by atoms with van der Waals surface area (Å²) in [6.07, 6.45) is 3.98. The van der Waals surface area contributed by atoms with E-state index >= 15 is 0 Å². The third-order valence-corrected chi connectivity index (χ3v) is 7.96. The lowest BCUT2D eigenvalue weighted by Crippen LogP contribution is -2.28. The zero-order chi connectivity index (χ0) is 39.7. The summed E-state index contributed by atoms with van der Waals surface area (Å²) in [5, 5.41) is 85.6. The number of carbonyl (C=O) groups excluding carboxylic acids is 2. The molecule has 3 atom stereocenters. The van der Waals surface area contributed by atoms with Crippen LogP contribution in [0, 0.1) is 0 Å². The second-order valence-corrected chi connectivity index (χ2v) is 12.0. The number of esters is 2. The molecule has 0 radical (unpaired) electrons. The van der Waals surface area contributed by atoms with Crippen molar-refractivity contribution >= 4 is 30.0 Å². The third-order valence-electron chi connectivity index (χ3n) is 7.96. The number of aliphatic hydroxyl groups excluding tert-OH is 2. The number of allylic oxidation sites excluding steroid dienone is 2. The van der Waals surface area contributed by atoms with Crippen LogP contribution in [0.1, 0.15) is 35.6 Å². The molecule has 0 unspecified atom stereocenters. The molecule has 0 saturated heterocycles. The molecule has 0 bridgehead atoms. The maximum atomic E-state index is 12.4. The molecule has 0 saturated carbocycles. The number of ether oxygens (including phenoxy) is 3. The number of hydrogen-bond donors (Lipinski definition) is 9. The summed E-state index contributed by atoms with van der Waals surface area (Å²) < 4.78 is 15.6. The highest BCUT2D eigenvalue weighted by Crippen LogP contribution is 2.42. The first-order valence-electron chi connectivity index (χ1n) is 16.1. The number of fused-ring (bicyclic) bond motifs is 1. The lowest BCUT2D eigenvalue weighted by molar-refractivity contribution is -0.162. The predicted molar refractivity (Wildman–Crippen MR) is 187 cm³/mol. The van der Waals surface area contributed by atoms with Crippen LogP contribution in [0.2, 0.25) is 0 Å². The molecule has 9 N–H and O–H groups in total. The van der Waals surface area contributed by atoms with Gasteiger partial charge in [-0.2, -0.15) is 0 Å². The molecule has 284 valence electrons. The molecule has 0 spiro atoms. The number of phenolic OH excluding ortho intramolecular Hbond substituents is 5. The Balaban J connectivity index is 0.000000321. The fraction of sp³-hybridized carbons (Fsp3) is 0.211. The van der Waals surface area contributed by atoms with Crippen molar-refractivity contribution in [1.82, 2.24) is 0 Å². The molecule has 3 aromatic carbocycles. The van der Waals surface area contributed by atoms with E-state index in [4.69, 9.17) is 19.7 Å². The Labute approximate surface area is 306 Å². The van der Waals surface area contributed by atoms with E-state index in [1.807, 2.05) is 0 Å². The van der Waals surface area contributed by atoms with Gasteiger partial charge in [0.15, 0.2) is 40.3 Å². The standard InChI is InChI=1S/C27H24O10.C11H12O6/c28-18-3-1-2-16(12-22(18)32)23-13-17-15(5-8-20(30)26(17)37-23)6-9-25(33)36-24(27(34)35)11-14-4-7-19(29)21(31)10-14;1-6(12)17-10(11(15)16)5-7-2-3-8(13)9(14)4-7/h1-2,4-10,12,23-24,28-32H,3,11,13H2,(H,34,35);2-4,10,13-14H,5H2,1H3,(H,15,16)/b9-6+;/t23-,24+;10-/m01/s1. The van der Waals surface area contributed by atoms with Crippen molar-refractivity contribution in [3.63, 3.8) is 0 Å². The minimum atomic E-state index is -1.54. The lowest BCUT2D eigenvalue weighted by atomic mass is 9.98. The van der Waals surface area contributed by atoms with Gasteiger partial charge in [0.1, 0.15) is 11.9 Å². The maximum Gasteiger partial charge on any atom is 0.345 e. The van der Waals surface area contributed by atoms with Gasteiger partial charge in [-0.3, -0.25) is 4.79 Å². The first-order valence-corrected chi connectivity index (χ1v) is 16.1. The Morgan fingerprint density at radius 1 is 0.778 bits per heavy atom. The highest BCUT2D eigenvalue weighted by Gasteiger charge is 2.30. The van der Waals surface area contributed by atoms with Gasteiger partial charge >= 0.3 is 23.9 Å². The van der Waals surface area contributed by atoms with Crippen LogP contribution in [0.4, 0.5) is 0 Å². The molecule has 1 aliphatic carbocycles. The van der Waals surface area contributed by atoms with E-state index in [2.05, 4.69) is 4.74 Å². The van der Waals surface area contributed by atoms with Gasteiger partial charge in [-0.15, -0.1) is 0 Å². The van der Waals surface area contributed by atoms with Crippen LogP contribution in [0.5, 0.6) is 34.5 Å². The summed E-state index contributed by atoms with van der Waals surface area (Å²) in [4.78, 5) is 45.5. The highest BCUT2D eigenvalue weighted by molar-refractivity contribution is 5.89. The summed E-state index contributed by atoms with van der Waals surface area (Å²) in [6, 6.07) is 10.6. The van der Waals surface area contributed by atoms with Crippen LogP contribution in [-0.4, -0.2) is 88.1 Å². The van der Waals surface area contributed by atoms with Gasteiger partial charge in [-0.05, 0) is 64.7 Å². The number of phenols is 5. The van der Waals surface area contributed by atoms with Crippen molar-refractivity contribution in [2.75, 3.05) is 0 Å². The molecular weight excluding hydrogens is 712 g/mol. The van der Waals surface area contributed by atoms with Crippen molar-refractivity contribution in [2.45, 2.75) is 50.9 Å². The number of benzene rings is 3. The van der Waals surface area contributed by atoms with E-state index in [0.717, 1.165) is 13.0 Å². The number of aliphatic carboxylic acids is 2. The van der Waals surface area contributed by atoms with E-state index in [-0.39, 0.29) is 59.5 Å². The summed E-state index contributed by atoms with van der Waals surface area (Å²) in [7, 11) is 0. The molecule has 1 aliphatic heterocycles. The fourth-order valence-electron chi connectivity index (χ4n) is 5.30. The Kier molecular flexibility index (Phi) is 12.8. The summed E-state index contributed by atoms with van der Waals surface area (Å²) >= 11 is 0. The molecule has 16 nitrogen and oxygen atoms in total. The van der Waals surface area contributed by atoms with Crippen LogP contribution in [-0.2, 0) is 47.9 Å². The van der Waals surface area contributed by atoms with Crippen LogP contribution in [0.3, 0.4) is 0 Å². The zero-order valence-electron chi connectivity index (χ0n) is 28.4. The molecule has 2 aliphatic rings. The average Bonchev–Trinajstić information content (AvgIpc) is 3.49. The van der Waals surface area contributed by atoms with Gasteiger partial charge < -0.3 is 60.2 Å². The van der Waals surface area contributed by atoms with Crippen LogP contribution in [0.25, 0.3) is 6.08 Å². The van der Waals surface area contributed by atoms with Gasteiger partial charge in [-0.1, -0.05) is 30.4 Å². The number of aliphatic hydroxyl groups is 2. The van der Waals surface area contributed by atoms with Gasteiger partial charge in [0.25, 0.3) is 0 Å². The average molecular weight is 749 g/mol. The molecule has 54 heavy (non-hydrogen) atoms. The van der Waals surface area contributed by atoms with Crippen molar-refractivity contribution in [3.8, 4) is 34.5 Å². The minimum Gasteiger partial charge on any atom is -0.508 e. The van der Waals surface area contributed by atoms with E-state index in [0.29, 0.717) is 34.2 Å². The van der Waals surface area contributed by atoms with Crippen LogP contribution >= 0.6 is 0 Å². The van der Waals surface area contributed by atoms with E-state index < -0.39 is 47.9 Å². The van der Waals surface area contributed by atoms with Gasteiger partial charge in [0.05, 0.1) is 0 Å². The molecule has 1 heterocycles. The predicted octanol–water partition coefficient (Wildman–Crippen LogP) is 4.23. The summed E-state index contributed by atoms with van der Waals surface area (Å²) in [5.41, 5.74) is 2.48. The smallest absolute Gasteiger partial charge is 0.345 e. The van der Waals surface area contributed by atoms with Gasteiger partial charge in [0.2, 0.25) is 12.2 Å². The quantitative estimate of drug-likeness (QED) is 0.0754. The molecule has 16 heteroatoms. The molecular formula is C38H36O16. The monoisotopic (exact) mass is 748 g/mol.